The zero-order chi connectivity index (χ0) is 10.9. The first-order chi connectivity index (χ1) is 7.21. The lowest BCUT2D eigenvalue weighted by Gasteiger charge is -2.46. The molecule has 1 aliphatic carbocycles. The summed E-state index contributed by atoms with van der Waals surface area (Å²) in [5.41, 5.74) is 6.20. The first-order valence-electron chi connectivity index (χ1n) is 5.26. The molecule has 0 radical (unpaired) electrons. The van der Waals surface area contributed by atoms with Gasteiger partial charge in [-0.3, -0.25) is 0 Å². The van der Waals surface area contributed by atoms with E-state index in [1.54, 1.807) is 6.07 Å². The molecule has 3 heteroatoms. The second-order valence-corrected chi connectivity index (χ2v) is 4.49. The normalized spacial score (nSPS) is 29.9. The molecule has 0 atom stereocenters. The fourth-order valence-electron chi connectivity index (χ4n) is 2.37. The highest BCUT2D eigenvalue weighted by Gasteiger charge is 2.43. The van der Waals surface area contributed by atoms with Gasteiger partial charge in [-0.2, -0.15) is 0 Å². The van der Waals surface area contributed by atoms with Crippen LogP contribution in [0.3, 0.4) is 0 Å². The van der Waals surface area contributed by atoms with Crippen molar-refractivity contribution in [1.29, 1.82) is 0 Å². The van der Waals surface area contributed by atoms with Crippen molar-refractivity contribution in [2.75, 3.05) is 13.2 Å². The number of benzene rings is 1. The number of nitrogens with two attached hydrogens (primary N) is 1. The summed E-state index contributed by atoms with van der Waals surface area (Å²) >= 11 is 0. The van der Waals surface area contributed by atoms with Crippen LogP contribution in [0.1, 0.15) is 24.3 Å². The highest BCUT2D eigenvalue weighted by Crippen LogP contribution is 2.50. The zero-order valence-electron chi connectivity index (χ0n) is 8.62. The lowest BCUT2D eigenvalue weighted by Crippen LogP contribution is -2.45. The maximum atomic E-state index is 13.4. The van der Waals surface area contributed by atoms with Crippen molar-refractivity contribution in [3.63, 3.8) is 0 Å². The molecule has 2 rings (SSSR count). The quantitative estimate of drug-likeness (QED) is 0.795. The molecule has 1 aromatic rings. The van der Waals surface area contributed by atoms with Gasteiger partial charge in [-0.25, -0.2) is 4.39 Å². The number of halogens is 1. The molecule has 0 saturated heterocycles. The molecule has 0 heterocycles. The monoisotopic (exact) mass is 209 g/mol. The predicted octanol–water partition coefficient (Wildman–Crippen LogP) is 1.64. The molecule has 0 aliphatic heterocycles. The topological polar surface area (TPSA) is 46.2 Å². The van der Waals surface area contributed by atoms with Gasteiger partial charge in [0.05, 0.1) is 0 Å². The largest absolute Gasteiger partial charge is 0.396 e. The van der Waals surface area contributed by atoms with Crippen molar-refractivity contribution in [3.8, 4) is 0 Å². The van der Waals surface area contributed by atoms with Crippen molar-refractivity contribution in [2.24, 2.45) is 11.1 Å². The maximum absolute atomic E-state index is 13.4. The zero-order valence-corrected chi connectivity index (χ0v) is 8.62. The molecular weight excluding hydrogens is 193 g/mol. The standard InChI is InChI=1S/C12H16FNO/c13-11-4-2-1-3-10(11)9-5-12(6-9,7-14)8-15/h1-4,9,15H,5-8,14H2. The molecule has 0 aromatic heterocycles. The van der Waals surface area contributed by atoms with Gasteiger partial charge < -0.3 is 10.8 Å². The fourth-order valence-corrected chi connectivity index (χ4v) is 2.37. The number of hydrogen-bond acceptors (Lipinski definition) is 2. The highest BCUT2D eigenvalue weighted by atomic mass is 19.1. The Labute approximate surface area is 88.9 Å². The molecule has 82 valence electrons. The van der Waals surface area contributed by atoms with Crippen molar-refractivity contribution in [2.45, 2.75) is 18.8 Å². The Balaban J connectivity index is 2.09. The number of rotatable bonds is 3. The summed E-state index contributed by atoms with van der Waals surface area (Å²) < 4.78 is 13.4. The lowest BCUT2D eigenvalue weighted by molar-refractivity contribution is 0.0326. The van der Waals surface area contributed by atoms with Crippen LogP contribution in [0.4, 0.5) is 4.39 Å². The van der Waals surface area contributed by atoms with E-state index in [1.807, 2.05) is 12.1 Å². The summed E-state index contributed by atoms with van der Waals surface area (Å²) in [4.78, 5) is 0. The smallest absolute Gasteiger partial charge is 0.126 e. The van der Waals surface area contributed by atoms with Crippen LogP contribution in [0.5, 0.6) is 0 Å². The first kappa shape index (κ1) is 10.6. The Bertz CT molecular complexity index is 341. The van der Waals surface area contributed by atoms with Crippen LogP contribution in [0, 0.1) is 11.2 Å². The molecule has 1 aromatic carbocycles. The highest BCUT2D eigenvalue weighted by molar-refractivity contribution is 5.25. The molecule has 15 heavy (non-hydrogen) atoms. The molecule has 0 unspecified atom stereocenters. The predicted molar refractivity (Wildman–Crippen MR) is 56.9 cm³/mol. The third kappa shape index (κ3) is 1.77. The molecular formula is C12H16FNO. The van der Waals surface area contributed by atoms with Gasteiger partial charge in [0, 0.05) is 18.6 Å². The van der Waals surface area contributed by atoms with Crippen LogP contribution in [0.25, 0.3) is 0 Å². The SMILES string of the molecule is NCC1(CO)CC(c2ccccc2F)C1. The van der Waals surface area contributed by atoms with E-state index in [0.717, 1.165) is 18.4 Å². The van der Waals surface area contributed by atoms with E-state index in [9.17, 15) is 9.50 Å². The Kier molecular flexibility index (Phi) is 2.76. The van der Waals surface area contributed by atoms with Gasteiger partial charge in [-0.15, -0.1) is 0 Å². The Morgan fingerprint density at radius 2 is 2.07 bits per heavy atom. The number of aliphatic hydroxyl groups is 1. The van der Waals surface area contributed by atoms with E-state index in [2.05, 4.69) is 0 Å². The molecule has 0 amide bonds. The maximum Gasteiger partial charge on any atom is 0.126 e. The minimum atomic E-state index is -0.160. The third-order valence-electron chi connectivity index (χ3n) is 3.47. The minimum Gasteiger partial charge on any atom is -0.396 e. The van der Waals surface area contributed by atoms with E-state index in [1.165, 1.54) is 6.07 Å². The van der Waals surface area contributed by atoms with E-state index < -0.39 is 0 Å². The first-order valence-corrected chi connectivity index (χ1v) is 5.26. The van der Waals surface area contributed by atoms with Crippen molar-refractivity contribution < 1.29 is 9.50 Å². The number of hydrogen-bond donors (Lipinski definition) is 2. The average Bonchev–Trinajstić information content (AvgIpc) is 2.20. The van der Waals surface area contributed by atoms with Crippen LogP contribution in [-0.2, 0) is 0 Å². The van der Waals surface area contributed by atoms with Gasteiger partial charge in [-0.1, -0.05) is 18.2 Å². The lowest BCUT2D eigenvalue weighted by atomic mass is 9.60. The van der Waals surface area contributed by atoms with Gasteiger partial charge in [0.2, 0.25) is 0 Å². The Morgan fingerprint density at radius 3 is 2.60 bits per heavy atom. The van der Waals surface area contributed by atoms with Gasteiger partial charge in [0.1, 0.15) is 5.82 Å². The molecule has 0 bridgehead atoms. The summed E-state index contributed by atoms with van der Waals surface area (Å²) in [6, 6.07) is 6.84. The van der Waals surface area contributed by atoms with Crippen LogP contribution in [-0.4, -0.2) is 18.3 Å². The third-order valence-corrected chi connectivity index (χ3v) is 3.47. The summed E-state index contributed by atoms with van der Waals surface area (Å²) in [6.07, 6.45) is 1.59. The fraction of sp³-hybridized carbons (Fsp3) is 0.500. The summed E-state index contributed by atoms with van der Waals surface area (Å²) in [5, 5.41) is 9.20. The molecule has 1 saturated carbocycles. The molecule has 3 N–H and O–H groups in total. The van der Waals surface area contributed by atoms with Gasteiger partial charge in [0.25, 0.3) is 0 Å². The molecule has 1 aliphatic rings. The van der Waals surface area contributed by atoms with Crippen LogP contribution < -0.4 is 5.73 Å². The van der Waals surface area contributed by atoms with E-state index in [4.69, 9.17) is 5.73 Å². The molecule has 0 spiro atoms. The Hall–Kier alpha value is -0.930. The van der Waals surface area contributed by atoms with E-state index in [-0.39, 0.29) is 23.8 Å². The number of aliphatic hydroxyl groups excluding tert-OH is 1. The Morgan fingerprint density at radius 1 is 1.40 bits per heavy atom. The molecule has 2 nitrogen and oxygen atoms in total. The van der Waals surface area contributed by atoms with Gasteiger partial charge >= 0.3 is 0 Å². The van der Waals surface area contributed by atoms with Crippen molar-refractivity contribution in [1.82, 2.24) is 0 Å². The van der Waals surface area contributed by atoms with E-state index >= 15 is 0 Å². The second kappa shape index (κ2) is 3.91. The minimum absolute atomic E-state index is 0.106. The summed E-state index contributed by atoms with van der Waals surface area (Å²) in [5.74, 6) is 0.0768. The van der Waals surface area contributed by atoms with Gasteiger partial charge in [0.15, 0.2) is 0 Å². The van der Waals surface area contributed by atoms with Crippen LogP contribution in [0.15, 0.2) is 24.3 Å². The summed E-state index contributed by atoms with van der Waals surface area (Å²) in [6.45, 7) is 0.586. The van der Waals surface area contributed by atoms with Crippen molar-refractivity contribution >= 4 is 0 Å². The van der Waals surface area contributed by atoms with Gasteiger partial charge in [-0.05, 0) is 30.4 Å². The second-order valence-electron chi connectivity index (χ2n) is 4.49. The van der Waals surface area contributed by atoms with Crippen LogP contribution in [0.2, 0.25) is 0 Å². The van der Waals surface area contributed by atoms with E-state index in [0.29, 0.717) is 6.54 Å². The van der Waals surface area contributed by atoms with Crippen molar-refractivity contribution in [3.05, 3.63) is 35.6 Å². The summed E-state index contributed by atoms with van der Waals surface area (Å²) in [7, 11) is 0. The van der Waals surface area contributed by atoms with Crippen LogP contribution >= 0.6 is 0 Å². The average molecular weight is 209 g/mol. The molecule has 1 fully saturated rings.